The summed E-state index contributed by atoms with van der Waals surface area (Å²) in [5.41, 5.74) is 7.47. The zero-order valence-electron chi connectivity index (χ0n) is 14.8. The summed E-state index contributed by atoms with van der Waals surface area (Å²) in [6.07, 6.45) is 0.736. The van der Waals surface area contributed by atoms with Crippen LogP contribution in [0.4, 0.5) is 0 Å². The number of halogens is 1. The number of rotatable bonds is 8. The average Bonchev–Trinajstić information content (AvgIpc) is 3.15. The molecule has 0 fully saturated rings. The van der Waals surface area contributed by atoms with Crippen LogP contribution < -0.4 is 5.73 Å². The lowest BCUT2D eigenvalue weighted by Crippen LogP contribution is -2.35. The predicted octanol–water partition coefficient (Wildman–Crippen LogP) is 2.37. The molecular formula is C19H21ClN6O. The molecular weight excluding hydrogens is 364 g/mol. The molecule has 0 unspecified atom stereocenters. The van der Waals surface area contributed by atoms with E-state index >= 15 is 0 Å². The van der Waals surface area contributed by atoms with Crippen LogP contribution in [0.5, 0.6) is 0 Å². The molecule has 0 bridgehead atoms. The maximum Gasteiger partial charge on any atom is 0.246 e. The van der Waals surface area contributed by atoms with E-state index in [9.17, 15) is 4.79 Å². The number of nitrogens with zero attached hydrogens (tertiary/aromatic N) is 5. The first-order valence-corrected chi connectivity index (χ1v) is 9.09. The van der Waals surface area contributed by atoms with Gasteiger partial charge in [0.1, 0.15) is 6.54 Å². The van der Waals surface area contributed by atoms with Gasteiger partial charge in [-0.1, -0.05) is 41.9 Å². The van der Waals surface area contributed by atoms with E-state index in [1.807, 2.05) is 42.5 Å². The lowest BCUT2D eigenvalue weighted by molar-refractivity contribution is -0.133. The highest BCUT2D eigenvalue weighted by molar-refractivity contribution is 6.30. The molecule has 0 aliphatic rings. The van der Waals surface area contributed by atoms with Crippen LogP contribution in [-0.4, -0.2) is 44.1 Å². The molecule has 3 rings (SSSR count). The van der Waals surface area contributed by atoms with Gasteiger partial charge in [-0.2, -0.15) is 4.80 Å². The fraction of sp³-hybridized carbons (Fsp3) is 0.263. The third-order valence-corrected chi connectivity index (χ3v) is 4.29. The summed E-state index contributed by atoms with van der Waals surface area (Å²) in [7, 11) is 0. The molecule has 2 N–H and O–H groups in total. The van der Waals surface area contributed by atoms with Crippen molar-refractivity contribution >= 4 is 17.5 Å². The van der Waals surface area contributed by atoms with Gasteiger partial charge in [0.25, 0.3) is 0 Å². The Kier molecular flexibility index (Phi) is 6.51. The van der Waals surface area contributed by atoms with Crippen molar-refractivity contribution in [3.63, 3.8) is 0 Å². The zero-order valence-corrected chi connectivity index (χ0v) is 15.6. The summed E-state index contributed by atoms with van der Waals surface area (Å²) in [6.45, 7) is 1.67. The molecule has 1 amide bonds. The molecule has 0 atom stereocenters. The van der Waals surface area contributed by atoms with Gasteiger partial charge < -0.3 is 10.6 Å². The second-order valence-corrected chi connectivity index (χ2v) is 6.53. The molecule has 0 aliphatic carbocycles. The molecule has 1 heterocycles. The van der Waals surface area contributed by atoms with Gasteiger partial charge in [0.15, 0.2) is 0 Å². The van der Waals surface area contributed by atoms with Crippen LogP contribution in [0.2, 0.25) is 5.02 Å². The number of carbonyl (C=O) groups excluding carboxylic acids is 1. The minimum atomic E-state index is -0.0765. The number of hydrogen-bond acceptors (Lipinski definition) is 5. The maximum atomic E-state index is 12.8. The fourth-order valence-electron chi connectivity index (χ4n) is 2.62. The highest BCUT2D eigenvalue weighted by atomic mass is 35.5. The average molecular weight is 385 g/mol. The topological polar surface area (TPSA) is 89.9 Å². The SMILES string of the molecule is NCCCN(Cc1ccccc1)C(=O)Cn1nnc(-c2ccc(Cl)cc2)n1. The first-order valence-electron chi connectivity index (χ1n) is 8.71. The van der Waals surface area contributed by atoms with Crippen molar-refractivity contribution in [2.45, 2.75) is 19.5 Å². The first kappa shape index (κ1) is 19.0. The smallest absolute Gasteiger partial charge is 0.246 e. The van der Waals surface area contributed by atoms with E-state index in [-0.39, 0.29) is 12.5 Å². The van der Waals surface area contributed by atoms with Gasteiger partial charge in [-0.05, 0) is 48.0 Å². The summed E-state index contributed by atoms with van der Waals surface area (Å²) in [6, 6.07) is 17.0. The Morgan fingerprint density at radius 3 is 2.56 bits per heavy atom. The van der Waals surface area contributed by atoms with E-state index in [0.29, 0.717) is 30.5 Å². The summed E-state index contributed by atoms with van der Waals surface area (Å²) < 4.78 is 0. The van der Waals surface area contributed by atoms with Gasteiger partial charge in [-0.25, -0.2) is 0 Å². The molecule has 0 aliphatic heterocycles. The quantitative estimate of drug-likeness (QED) is 0.644. The van der Waals surface area contributed by atoms with Crippen LogP contribution in [0.15, 0.2) is 54.6 Å². The van der Waals surface area contributed by atoms with Crippen LogP contribution >= 0.6 is 11.6 Å². The van der Waals surface area contributed by atoms with Crippen molar-refractivity contribution < 1.29 is 4.79 Å². The lowest BCUT2D eigenvalue weighted by Gasteiger charge is -2.22. The molecule has 27 heavy (non-hydrogen) atoms. The number of carbonyl (C=O) groups is 1. The number of nitrogens with two attached hydrogens (primary N) is 1. The molecule has 0 radical (unpaired) electrons. The van der Waals surface area contributed by atoms with Crippen LogP contribution in [0, 0.1) is 0 Å². The van der Waals surface area contributed by atoms with E-state index < -0.39 is 0 Å². The van der Waals surface area contributed by atoms with Crippen molar-refractivity contribution in [1.29, 1.82) is 0 Å². The lowest BCUT2D eigenvalue weighted by atomic mass is 10.2. The summed E-state index contributed by atoms with van der Waals surface area (Å²) in [5, 5.41) is 13.0. The second-order valence-electron chi connectivity index (χ2n) is 6.09. The van der Waals surface area contributed by atoms with Crippen LogP contribution in [0.3, 0.4) is 0 Å². The van der Waals surface area contributed by atoms with Crippen molar-refractivity contribution in [3.8, 4) is 11.4 Å². The summed E-state index contributed by atoms with van der Waals surface area (Å²) in [4.78, 5) is 15.8. The minimum absolute atomic E-state index is 0.0258. The highest BCUT2D eigenvalue weighted by Gasteiger charge is 2.16. The zero-order chi connectivity index (χ0) is 19.1. The van der Waals surface area contributed by atoms with Crippen molar-refractivity contribution in [1.82, 2.24) is 25.1 Å². The Labute approximate surface area is 162 Å². The fourth-order valence-corrected chi connectivity index (χ4v) is 2.75. The van der Waals surface area contributed by atoms with Crippen molar-refractivity contribution in [2.24, 2.45) is 5.73 Å². The molecule has 1 aromatic heterocycles. The Balaban J connectivity index is 1.68. The van der Waals surface area contributed by atoms with Gasteiger partial charge >= 0.3 is 0 Å². The van der Waals surface area contributed by atoms with E-state index in [4.69, 9.17) is 17.3 Å². The third kappa shape index (κ3) is 5.35. The normalized spacial score (nSPS) is 10.7. The summed E-state index contributed by atoms with van der Waals surface area (Å²) in [5.74, 6) is 0.378. The first-order chi connectivity index (χ1) is 13.2. The standard InChI is InChI=1S/C19H21ClN6O/c20-17-9-7-16(8-10-17)19-22-24-26(23-19)14-18(27)25(12-4-11-21)13-15-5-2-1-3-6-15/h1-3,5-10H,4,11-14,21H2. The Bertz CT molecular complexity index is 865. The Hall–Kier alpha value is -2.77. The number of benzene rings is 2. The van der Waals surface area contributed by atoms with E-state index in [0.717, 1.165) is 17.5 Å². The van der Waals surface area contributed by atoms with Crippen LogP contribution in [0.1, 0.15) is 12.0 Å². The number of hydrogen-bond donors (Lipinski definition) is 1. The van der Waals surface area contributed by atoms with Crippen molar-refractivity contribution in [2.75, 3.05) is 13.1 Å². The molecule has 0 saturated carbocycles. The largest absolute Gasteiger partial charge is 0.337 e. The maximum absolute atomic E-state index is 12.8. The molecule has 7 nitrogen and oxygen atoms in total. The molecule has 0 spiro atoms. The predicted molar refractivity (Wildman–Crippen MR) is 104 cm³/mol. The molecule has 8 heteroatoms. The van der Waals surface area contributed by atoms with Crippen LogP contribution in [0.25, 0.3) is 11.4 Å². The van der Waals surface area contributed by atoms with E-state index in [1.54, 1.807) is 17.0 Å². The number of amides is 1. The highest BCUT2D eigenvalue weighted by Crippen LogP contribution is 2.17. The van der Waals surface area contributed by atoms with E-state index in [1.165, 1.54) is 4.80 Å². The van der Waals surface area contributed by atoms with Gasteiger partial charge in [0, 0.05) is 23.7 Å². The summed E-state index contributed by atoms with van der Waals surface area (Å²) >= 11 is 5.90. The molecule has 2 aromatic carbocycles. The minimum Gasteiger partial charge on any atom is -0.337 e. The van der Waals surface area contributed by atoms with Gasteiger partial charge in [0.05, 0.1) is 0 Å². The second kappa shape index (κ2) is 9.25. The van der Waals surface area contributed by atoms with Gasteiger partial charge in [-0.15, -0.1) is 10.2 Å². The van der Waals surface area contributed by atoms with Crippen LogP contribution in [-0.2, 0) is 17.9 Å². The van der Waals surface area contributed by atoms with Crippen molar-refractivity contribution in [3.05, 3.63) is 65.2 Å². The van der Waals surface area contributed by atoms with E-state index in [2.05, 4.69) is 15.4 Å². The Morgan fingerprint density at radius 2 is 1.85 bits per heavy atom. The van der Waals surface area contributed by atoms with Gasteiger partial charge in [0.2, 0.25) is 11.7 Å². The molecule has 0 saturated heterocycles. The Morgan fingerprint density at radius 1 is 1.11 bits per heavy atom. The third-order valence-electron chi connectivity index (χ3n) is 4.03. The number of aromatic nitrogens is 4. The monoisotopic (exact) mass is 384 g/mol. The molecule has 3 aromatic rings. The van der Waals surface area contributed by atoms with Gasteiger partial charge in [-0.3, -0.25) is 4.79 Å². The number of tetrazole rings is 1. The molecule has 140 valence electrons.